The molecule has 2 aromatic carbocycles. The summed E-state index contributed by atoms with van der Waals surface area (Å²) in [5.41, 5.74) is 3.49. The summed E-state index contributed by atoms with van der Waals surface area (Å²) >= 11 is 0. The van der Waals surface area contributed by atoms with Crippen LogP contribution in [0, 0.1) is 6.92 Å². The summed E-state index contributed by atoms with van der Waals surface area (Å²) in [6.45, 7) is 2.87. The van der Waals surface area contributed by atoms with Crippen molar-refractivity contribution >= 4 is 11.6 Å². The number of hydrogen-bond acceptors (Lipinski definition) is 3. The van der Waals surface area contributed by atoms with Crippen LogP contribution in [-0.2, 0) is 11.2 Å². The van der Waals surface area contributed by atoms with E-state index in [9.17, 15) is 4.79 Å². The van der Waals surface area contributed by atoms with Gasteiger partial charge in [-0.1, -0.05) is 17.7 Å². The fourth-order valence-electron chi connectivity index (χ4n) is 2.88. The van der Waals surface area contributed by atoms with Crippen LogP contribution in [0.25, 0.3) is 0 Å². The second-order valence-corrected chi connectivity index (χ2v) is 5.75. The number of carbonyl (C=O) groups is 1. The Hall–Kier alpha value is -2.49. The molecule has 0 aliphatic carbocycles. The number of carbonyl (C=O) groups excluding carboxylic acids is 1. The molecule has 0 radical (unpaired) electrons. The number of nitrogens with zero attached hydrogens (tertiary/aromatic N) is 1. The van der Waals surface area contributed by atoms with Gasteiger partial charge in [0.25, 0.3) is 5.91 Å². The third kappa shape index (κ3) is 3.47. The number of anilines is 1. The summed E-state index contributed by atoms with van der Waals surface area (Å²) < 4.78 is 10.7. The Morgan fingerprint density at radius 2 is 1.87 bits per heavy atom. The van der Waals surface area contributed by atoms with Gasteiger partial charge in [-0.2, -0.15) is 0 Å². The average Bonchev–Trinajstić information content (AvgIpc) is 2.59. The van der Waals surface area contributed by atoms with E-state index in [4.69, 9.17) is 9.47 Å². The number of benzene rings is 2. The van der Waals surface area contributed by atoms with Crippen LogP contribution in [0.3, 0.4) is 0 Å². The van der Waals surface area contributed by atoms with E-state index in [1.807, 2.05) is 23.1 Å². The number of rotatable bonds is 4. The molecule has 0 aromatic heterocycles. The average molecular weight is 311 g/mol. The number of fused-ring (bicyclic) bond motifs is 1. The van der Waals surface area contributed by atoms with Crippen LogP contribution in [-0.4, -0.2) is 26.2 Å². The van der Waals surface area contributed by atoms with E-state index in [1.54, 1.807) is 19.2 Å². The van der Waals surface area contributed by atoms with Crippen molar-refractivity contribution in [3.8, 4) is 11.5 Å². The van der Waals surface area contributed by atoms with Crippen molar-refractivity contribution in [3.63, 3.8) is 0 Å². The minimum Gasteiger partial charge on any atom is -0.497 e. The molecule has 0 spiro atoms. The smallest absolute Gasteiger partial charge is 0.264 e. The summed E-state index contributed by atoms with van der Waals surface area (Å²) in [6, 6.07) is 13.5. The highest BCUT2D eigenvalue weighted by Crippen LogP contribution is 2.28. The van der Waals surface area contributed by atoms with Crippen LogP contribution < -0.4 is 14.4 Å². The summed E-state index contributed by atoms with van der Waals surface area (Å²) in [4.78, 5) is 14.4. The highest BCUT2D eigenvalue weighted by molar-refractivity contribution is 5.95. The van der Waals surface area contributed by atoms with Gasteiger partial charge in [-0.05, 0) is 55.7 Å². The monoisotopic (exact) mass is 311 g/mol. The lowest BCUT2D eigenvalue weighted by Crippen LogP contribution is -2.38. The lowest BCUT2D eigenvalue weighted by molar-refractivity contribution is -0.120. The van der Waals surface area contributed by atoms with Crippen molar-refractivity contribution < 1.29 is 14.3 Å². The topological polar surface area (TPSA) is 38.8 Å². The maximum Gasteiger partial charge on any atom is 0.264 e. The van der Waals surface area contributed by atoms with Crippen LogP contribution in [0.2, 0.25) is 0 Å². The number of ether oxygens (including phenoxy) is 2. The first kappa shape index (κ1) is 15.4. The van der Waals surface area contributed by atoms with E-state index in [0.29, 0.717) is 5.75 Å². The molecule has 1 amide bonds. The van der Waals surface area contributed by atoms with E-state index >= 15 is 0 Å². The second-order valence-electron chi connectivity index (χ2n) is 5.75. The van der Waals surface area contributed by atoms with Crippen LogP contribution in [0.1, 0.15) is 17.5 Å². The molecule has 1 aliphatic heterocycles. The lowest BCUT2D eigenvalue weighted by Gasteiger charge is -2.29. The van der Waals surface area contributed by atoms with Gasteiger partial charge in [0, 0.05) is 12.2 Å². The van der Waals surface area contributed by atoms with Crippen molar-refractivity contribution in [1.29, 1.82) is 0 Å². The van der Waals surface area contributed by atoms with E-state index in [-0.39, 0.29) is 12.5 Å². The maximum atomic E-state index is 12.5. The molecule has 3 rings (SSSR count). The first-order chi connectivity index (χ1) is 11.2. The van der Waals surface area contributed by atoms with Crippen LogP contribution in [0.4, 0.5) is 5.69 Å². The molecule has 0 unspecified atom stereocenters. The van der Waals surface area contributed by atoms with Gasteiger partial charge < -0.3 is 14.4 Å². The van der Waals surface area contributed by atoms with E-state index in [2.05, 4.69) is 19.1 Å². The molecule has 0 fully saturated rings. The summed E-state index contributed by atoms with van der Waals surface area (Å²) in [5.74, 6) is 1.43. The molecule has 2 aromatic rings. The third-order valence-corrected chi connectivity index (χ3v) is 4.08. The zero-order valence-electron chi connectivity index (χ0n) is 13.5. The summed E-state index contributed by atoms with van der Waals surface area (Å²) in [5, 5.41) is 0. The molecule has 0 saturated heterocycles. The van der Waals surface area contributed by atoms with Gasteiger partial charge in [0.05, 0.1) is 7.11 Å². The number of amides is 1. The van der Waals surface area contributed by atoms with Gasteiger partial charge in [0.15, 0.2) is 6.61 Å². The quantitative estimate of drug-likeness (QED) is 0.869. The number of methoxy groups -OCH3 is 1. The number of hydrogen-bond donors (Lipinski definition) is 0. The molecule has 0 atom stereocenters. The maximum absolute atomic E-state index is 12.5. The van der Waals surface area contributed by atoms with Crippen LogP contribution >= 0.6 is 0 Å². The highest BCUT2D eigenvalue weighted by atomic mass is 16.5. The minimum atomic E-state index is -0.00868. The van der Waals surface area contributed by atoms with Crippen molar-refractivity contribution in [2.24, 2.45) is 0 Å². The Kier molecular flexibility index (Phi) is 4.51. The van der Waals surface area contributed by atoms with E-state index in [0.717, 1.165) is 30.8 Å². The predicted octanol–water partition coefficient (Wildman–Crippen LogP) is 3.36. The predicted molar refractivity (Wildman–Crippen MR) is 90.3 cm³/mol. The minimum absolute atomic E-state index is 0.00868. The molecular formula is C19H21NO3. The third-order valence-electron chi connectivity index (χ3n) is 4.08. The molecule has 4 nitrogen and oxygen atoms in total. The van der Waals surface area contributed by atoms with Gasteiger partial charge >= 0.3 is 0 Å². The molecule has 120 valence electrons. The van der Waals surface area contributed by atoms with Crippen molar-refractivity contribution in [2.75, 3.05) is 25.2 Å². The largest absolute Gasteiger partial charge is 0.497 e. The molecule has 0 bridgehead atoms. The van der Waals surface area contributed by atoms with Gasteiger partial charge in [-0.3, -0.25) is 4.79 Å². The Bertz CT molecular complexity index is 694. The lowest BCUT2D eigenvalue weighted by atomic mass is 9.99. The van der Waals surface area contributed by atoms with Crippen molar-refractivity contribution in [1.82, 2.24) is 0 Å². The molecule has 1 aliphatic rings. The van der Waals surface area contributed by atoms with Crippen LogP contribution in [0.5, 0.6) is 11.5 Å². The first-order valence-corrected chi connectivity index (χ1v) is 7.84. The van der Waals surface area contributed by atoms with Crippen molar-refractivity contribution in [2.45, 2.75) is 19.8 Å². The SMILES string of the molecule is COc1ccc(OCC(=O)N2CCCc3cc(C)ccc32)cc1. The van der Waals surface area contributed by atoms with Gasteiger partial charge in [-0.25, -0.2) is 0 Å². The molecule has 4 heteroatoms. The molecule has 0 saturated carbocycles. The normalized spacial score (nSPS) is 13.4. The molecule has 0 N–H and O–H groups in total. The van der Waals surface area contributed by atoms with Gasteiger partial charge in [-0.15, -0.1) is 0 Å². The summed E-state index contributed by atoms with van der Waals surface area (Å²) in [6.07, 6.45) is 2.02. The van der Waals surface area contributed by atoms with Crippen LogP contribution in [0.15, 0.2) is 42.5 Å². The van der Waals surface area contributed by atoms with Gasteiger partial charge in [0.1, 0.15) is 11.5 Å². The molecular weight excluding hydrogens is 290 g/mol. The van der Waals surface area contributed by atoms with Crippen molar-refractivity contribution in [3.05, 3.63) is 53.6 Å². The Morgan fingerprint density at radius 3 is 2.61 bits per heavy atom. The summed E-state index contributed by atoms with van der Waals surface area (Å²) in [7, 11) is 1.62. The van der Waals surface area contributed by atoms with Gasteiger partial charge in [0.2, 0.25) is 0 Å². The first-order valence-electron chi connectivity index (χ1n) is 7.84. The zero-order chi connectivity index (χ0) is 16.2. The highest BCUT2D eigenvalue weighted by Gasteiger charge is 2.22. The fraction of sp³-hybridized carbons (Fsp3) is 0.316. The Labute approximate surface area is 136 Å². The molecule has 23 heavy (non-hydrogen) atoms. The Morgan fingerprint density at radius 1 is 1.13 bits per heavy atom. The zero-order valence-corrected chi connectivity index (χ0v) is 13.5. The molecule has 1 heterocycles. The fourth-order valence-corrected chi connectivity index (χ4v) is 2.88. The van der Waals surface area contributed by atoms with E-state index in [1.165, 1.54) is 11.1 Å². The second kappa shape index (κ2) is 6.73. The number of aryl methyl sites for hydroxylation is 2. The Balaban J connectivity index is 1.67. The standard InChI is InChI=1S/C19H21NO3/c1-14-5-10-18-15(12-14)4-3-11-20(18)19(21)13-23-17-8-6-16(22-2)7-9-17/h5-10,12H,3-4,11,13H2,1-2H3. The van der Waals surface area contributed by atoms with E-state index < -0.39 is 0 Å².